The fraction of sp³-hybridized carbons (Fsp3) is 0.571. The number of halogens is 1. The van der Waals surface area contributed by atoms with Crippen molar-refractivity contribution in [2.75, 3.05) is 20.2 Å². The highest BCUT2D eigenvalue weighted by Crippen LogP contribution is 2.38. The van der Waals surface area contributed by atoms with E-state index in [1.54, 1.807) is 12.0 Å². The van der Waals surface area contributed by atoms with Crippen molar-refractivity contribution in [3.05, 3.63) is 33.2 Å². The largest absolute Gasteiger partial charge is 0.381 e. The number of carbonyl (C=O) groups excluding carboxylic acids is 1. The fourth-order valence-electron chi connectivity index (χ4n) is 3.51. The van der Waals surface area contributed by atoms with Crippen LogP contribution in [0.2, 0.25) is 5.02 Å². The summed E-state index contributed by atoms with van der Waals surface area (Å²) in [6, 6.07) is 1.44. The number of pyridine rings is 1. The van der Waals surface area contributed by atoms with E-state index in [1.165, 1.54) is 12.3 Å². The maximum atomic E-state index is 12.5. The number of H-pyrrole nitrogens is 1. The second-order valence-electron chi connectivity index (χ2n) is 5.57. The van der Waals surface area contributed by atoms with Gasteiger partial charge in [0.05, 0.1) is 11.1 Å². The topological polar surface area (TPSA) is 62.4 Å². The lowest BCUT2D eigenvalue weighted by atomic mass is 9.94. The minimum absolute atomic E-state index is 0.118. The summed E-state index contributed by atoms with van der Waals surface area (Å²) < 4.78 is 5.53. The Labute approximate surface area is 121 Å². The van der Waals surface area contributed by atoms with Gasteiger partial charge in [-0.25, -0.2) is 0 Å². The Balaban J connectivity index is 1.83. The van der Waals surface area contributed by atoms with Crippen LogP contribution in [0.1, 0.15) is 23.2 Å². The molecule has 0 radical (unpaired) electrons. The van der Waals surface area contributed by atoms with Crippen LogP contribution in [0, 0.1) is 11.8 Å². The number of carbonyl (C=O) groups is 1. The van der Waals surface area contributed by atoms with Crippen LogP contribution in [-0.4, -0.2) is 42.1 Å². The van der Waals surface area contributed by atoms with Crippen molar-refractivity contribution >= 4 is 17.5 Å². The summed E-state index contributed by atoms with van der Waals surface area (Å²) in [7, 11) is 1.73. The molecule has 108 valence electrons. The number of rotatable bonds is 2. The first-order valence-corrected chi connectivity index (χ1v) is 7.18. The molecule has 1 aromatic rings. The molecular formula is C14H17ClN2O3. The van der Waals surface area contributed by atoms with Gasteiger partial charge in [-0.15, -0.1) is 0 Å². The van der Waals surface area contributed by atoms with Crippen molar-refractivity contribution in [1.29, 1.82) is 0 Å². The molecule has 1 aromatic heterocycles. The Bertz CT molecular complexity index is 572. The van der Waals surface area contributed by atoms with Crippen molar-refractivity contribution in [3.8, 4) is 0 Å². The van der Waals surface area contributed by atoms with Crippen molar-refractivity contribution in [2.45, 2.75) is 18.9 Å². The van der Waals surface area contributed by atoms with E-state index in [0.29, 0.717) is 29.9 Å². The summed E-state index contributed by atoms with van der Waals surface area (Å²) in [6.45, 7) is 1.31. The van der Waals surface area contributed by atoms with Gasteiger partial charge in [-0.1, -0.05) is 11.6 Å². The van der Waals surface area contributed by atoms with Crippen molar-refractivity contribution in [1.82, 2.24) is 9.88 Å². The molecule has 1 unspecified atom stereocenters. The molecule has 2 fully saturated rings. The summed E-state index contributed by atoms with van der Waals surface area (Å²) in [5, 5.41) is 0.364. The lowest BCUT2D eigenvalue weighted by Crippen LogP contribution is -2.48. The SMILES string of the molecule is COC1[C@@H]2CC[C@H]1CN(C(=O)c1cc(Cl)c[nH]c1=O)C2. The molecule has 1 amide bonds. The lowest BCUT2D eigenvalue weighted by molar-refractivity contribution is -0.0114. The molecule has 1 saturated heterocycles. The molecule has 6 heteroatoms. The number of likely N-dealkylation sites (tertiary alicyclic amines) is 1. The van der Waals surface area contributed by atoms with Crippen LogP contribution in [0.3, 0.4) is 0 Å². The second-order valence-corrected chi connectivity index (χ2v) is 6.01. The average Bonchev–Trinajstić information content (AvgIpc) is 2.69. The van der Waals surface area contributed by atoms with Crippen LogP contribution in [0.5, 0.6) is 0 Å². The molecule has 1 N–H and O–H groups in total. The van der Waals surface area contributed by atoms with E-state index in [4.69, 9.17) is 16.3 Å². The maximum Gasteiger partial charge on any atom is 0.260 e. The quantitative estimate of drug-likeness (QED) is 0.900. The molecule has 0 spiro atoms. The van der Waals surface area contributed by atoms with Crippen LogP contribution in [0.15, 0.2) is 17.1 Å². The van der Waals surface area contributed by atoms with Gasteiger partial charge in [-0.3, -0.25) is 9.59 Å². The number of methoxy groups -OCH3 is 1. The number of nitrogens with zero attached hydrogens (tertiary/aromatic N) is 1. The molecule has 2 heterocycles. The highest BCUT2D eigenvalue weighted by molar-refractivity contribution is 6.30. The van der Waals surface area contributed by atoms with E-state index in [9.17, 15) is 9.59 Å². The highest BCUT2D eigenvalue weighted by Gasteiger charge is 2.43. The van der Waals surface area contributed by atoms with Crippen LogP contribution < -0.4 is 5.56 Å². The fourth-order valence-corrected chi connectivity index (χ4v) is 3.67. The van der Waals surface area contributed by atoms with E-state index in [2.05, 4.69) is 4.98 Å². The Morgan fingerprint density at radius 3 is 2.65 bits per heavy atom. The minimum Gasteiger partial charge on any atom is -0.381 e. The van der Waals surface area contributed by atoms with Gasteiger partial charge in [-0.05, 0) is 18.9 Å². The van der Waals surface area contributed by atoms with Crippen LogP contribution >= 0.6 is 11.6 Å². The monoisotopic (exact) mass is 296 g/mol. The highest BCUT2D eigenvalue weighted by atomic mass is 35.5. The first-order valence-electron chi connectivity index (χ1n) is 6.80. The second kappa shape index (κ2) is 5.22. The van der Waals surface area contributed by atoms with Gasteiger partial charge in [0.1, 0.15) is 5.56 Å². The van der Waals surface area contributed by atoms with E-state index < -0.39 is 0 Å². The molecular weight excluding hydrogens is 280 g/mol. The molecule has 1 saturated carbocycles. The first-order chi connectivity index (χ1) is 9.60. The van der Waals surface area contributed by atoms with E-state index in [1.807, 2.05) is 0 Å². The Morgan fingerprint density at radius 1 is 1.40 bits per heavy atom. The number of ether oxygens (including phenoxy) is 1. The summed E-state index contributed by atoms with van der Waals surface area (Å²) in [6.07, 6.45) is 3.80. The third kappa shape index (κ3) is 2.25. The Hall–Kier alpha value is -1.33. The number of amides is 1. The smallest absolute Gasteiger partial charge is 0.260 e. The first kappa shape index (κ1) is 13.6. The molecule has 2 aliphatic rings. The third-order valence-corrected chi connectivity index (χ3v) is 4.62. The van der Waals surface area contributed by atoms with Gasteiger partial charge in [0.25, 0.3) is 11.5 Å². The number of nitrogens with one attached hydrogen (secondary N) is 1. The lowest BCUT2D eigenvalue weighted by Gasteiger charge is -2.37. The number of piperidine rings is 1. The molecule has 5 nitrogen and oxygen atoms in total. The summed E-state index contributed by atoms with van der Waals surface area (Å²) in [4.78, 5) is 28.5. The summed E-state index contributed by atoms with van der Waals surface area (Å²) >= 11 is 5.85. The van der Waals surface area contributed by atoms with Gasteiger partial charge in [0.2, 0.25) is 0 Å². The van der Waals surface area contributed by atoms with E-state index in [-0.39, 0.29) is 23.1 Å². The van der Waals surface area contributed by atoms with Crippen molar-refractivity contribution < 1.29 is 9.53 Å². The molecule has 1 aliphatic heterocycles. The van der Waals surface area contributed by atoms with E-state index >= 15 is 0 Å². The van der Waals surface area contributed by atoms with Gasteiger partial charge in [0.15, 0.2) is 0 Å². The predicted molar refractivity (Wildman–Crippen MR) is 75.0 cm³/mol. The maximum absolute atomic E-state index is 12.5. The standard InChI is InChI=1S/C14H17ClN2O3/c1-20-12-8-2-3-9(12)7-17(6-8)14(19)11-4-10(15)5-16-13(11)18/h4-5,8-9,12H,2-3,6-7H2,1H3,(H,16,18)/t8-,9+,12?. The molecule has 2 bridgehead atoms. The van der Waals surface area contributed by atoms with Crippen molar-refractivity contribution in [3.63, 3.8) is 0 Å². The number of hydrogen-bond acceptors (Lipinski definition) is 3. The van der Waals surface area contributed by atoms with Gasteiger partial charge in [0, 0.05) is 38.2 Å². The van der Waals surface area contributed by atoms with Crippen LogP contribution in [0.4, 0.5) is 0 Å². The molecule has 3 atom stereocenters. The number of hydrogen-bond donors (Lipinski definition) is 1. The normalized spacial score (nSPS) is 28.7. The molecule has 0 aromatic carbocycles. The predicted octanol–water partition coefficient (Wildman–Crippen LogP) is 1.53. The number of aromatic nitrogens is 1. The molecule has 20 heavy (non-hydrogen) atoms. The minimum atomic E-state index is -0.388. The molecule has 3 rings (SSSR count). The zero-order valence-corrected chi connectivity index (χ0v) is 12.0. The zero-order valence-electron chi connectivity index (χ0n) is 11.3. The summed E-state index contributed by atoms with van der Waals surface area (Å²) in [5.74, 6) is 0.516. The van der Waals surface area contributed by atoms with Crippen molar-refractivity contribution in [2.24, 2.45) is 11.8 Å². The average molecular weight is 297 g/mol. The van der Waals surface area contributed by atoms with Gasteiger partial charge in [-0.2, -0.15) is 0 Å². The van der Waals surface area contributed by atoms with Gasteiger partial charge >= 0.3 is 0 Å². The van der Waals surface area contributed by atoms with Gasteiger partial charge < -0.3 is 14.6 Å². The zero-order chi connectivity index (χ0) is 14.3. The van der Waals surface area contributed by atoms with Crippen LogP contribution in [0.25, 0.3) is 0 Å². The summed E-state index contributed by atoms with van der Waals surface area (Å²) in [5.41, 5.74) is -0.270. The Morgan fingerprint density at radius 2 is 2.05 bits per heavy atom. The number of fused-ring (bicyclic) bond motifs is 2. The Kier molecular flexibility index (Phi) is 3.56. The molecule has 1 aliphatic carbocycles. The third-order valence-electron chi connectivity index (χ3n) is 4.41. The van der Waals surface area contributed by atoms with E-state index in [0.717, 1.165) is 12.8 Å². The van der Waals surface area contributed by atoms with Crippen LogP contribution in [-0.2, 0) is 4.74 Å². The number of aromatic amines is 1.